The Morgan fingerprint density at radius 1 is 0.838 bits per heavy atom. The van der Waals surface area contributed by atoms with Gasteiger partial charge in [0.05, 0.1) is 10.0 Å². The maximum atomic E-state index is 13.5. The number of carbonyl (C=O) groups excluding carboxylic acids is 2. The van der Waals surface area contributed by atoms with Gasteiger partial charge in [0.25, 0.3) is 0 Å². The van der Waals surface area contributed by atoms with E-state index in [-0.39, 0.29) is 22.4 Å². The summed E-state index contributed by atoms with van der Waals surface area (Å²) in [5.41, 5.74) is 3.58. The molecule has 2 aliphatic carbocycles. The number of halogens is 2. The molecule has 1 aliphatic heterocycles. The van der Waals surface area contributed by atoms with Gasteiger partial charge in [0.2, 0.25) is 0 Å². The summed E-state index contributed by atoms with van der Waals surface area (Å²) in [4.78, 5) is 27.0. The van der Waals surface area contributed by atoms with E-state index < -0.39 is 5.92 Å². The van der Waals surface area contributed by atoms with Gasteiger partial charge < -0.3 is 9.47 Å². The third-order valence-electron chi connectivity index (χ3n) is 7.44. The molecular weight excluding hydrogens is 507 g/mol. The number of hydrogen-bond acceptors (Lipinski definition) is 4. The first-order chi connectivity index (χ1) is 17.3. The van der Waals surface area contributed by atoms with E-state index >= 15 is 0 Å². The molecule has 0 amide bonds. The largest absolute Gasteiger partial charge is 0.486 e. The Kier molecular flexibility index (Phi) is 6.57. The Morgan fingerprint density at radius 3 is 1.81 bits per heavy atom. The van der Waals surface area contributed by atoms with E-state index in [1.165, 1.54) is 5.56 Å². The van der Waals surface area contributed by atoms with Crippen molar-refractivity contribution >= 4 is 34.8 Å². The molecule has 5 rings (SSSR count). The van der Waals surface area contributed by atoms with E-state index in [9.17, 15) is 9.59 Å². The Hall–Kier alpha value is -2.56. The van der Waals surface area contributed by atoms with Crippen LogP contribution >= 0.6 is 23.2 Å². The van der Waals surface area contributed by atoms with Gasteiger partial charge in [-0.15, -0.1) is 0 Å². The highest BCUT2D eigenvalue weighted by Gasteiger charge is 2.48. The van der Waals surface area contributed by atoms with Crippen molar-refractivity contribution in [3.05, 3.63) is 85.8 Å². The number of Topliss-reactive ketones (excluding diaryl/α,β-unsaturated/α-hetero) is 2. The van der Waals surface area contributed by atoms with Crippen molar-refractivity contribution in [1.29, 1.82) is 0 Å². The summed E-state index contributed by atoms with van der Waals surface area (Å²) in [5, 5.41) is 0.690. The molecule has 0 radical (unpaired) electrons. The number of ketones is 2. The summed E-state index contributed by atoms with van der Waals surface area (Å²) < 4.78 is 12.4. The van der Waals surface area contributed by atoms with Gasteiger partial charge in [0.15, 0.2) is 17.3 Å². The lowest BCUT2D eigenvalue weighted by molar-refractivity contribution is -0.120. The predicted octanol–water partition coefficient (Wildman–Crippen LogP) is 8.28. The molecule has 2 aromatic rings. The highest BCUT2D eigenvalue weighted by molar-refractivity contribution is 6.37. The number of aryl methyl sites for hydroxylation is 1. The van der Waals surface area contributed by atoms with E-state index in [1.54, 1.807) is 12.1 Å². The fourth-order valence-electron chi connectivity index (χ4n) is 5.73. The average Bonchev–Trinajstić information content (AvgIpc) is 2.76. The molecule has 37 heavy (non-hydrogen) atoms. The summed E-state index contributed by atoms with van der Waals surface area (Å²) in [6.07, 6.45) is 2.06. The van der Waals surface area contributed by atoms with Crippen molar-refractivity contribution in [1.82, 2.24) is 0 Å². The molecule has 0 unspecified atom stereocenters. The summed E-state index contributed by atoms with van der Waals surface area (Å²) in [6.45, 7) is 10.6. The zero-order chi connectivity index (χ0) is 26.7. The molecule has 0 spiro atoms. The molecule has 0 aromatic heterocycles. The number of ether oxygens (including phenoxy) is 2. The second-order valence-corrected chi connectivity index (χ2v) is 13.0. The summed E-state index contributed by atoms with van der Waals surface area (Å²) in [6, 6.07) is 11.6. The van der Waals surface area contributed by atoms with Crippen LogP contribution in [0.15, 0.2) is 59.1 Å². The molecule has 0 fully saturated rings. The van der Waals surface area contributed by atoms with Gasteiger partial charge in [0.1, 0.15) is 18.1 Å². The van der Waals surface area contributed by atoms with E-state index in [4.69, 9.17) is 32.7 Å². The van der Waals surface area contributed by atoms with Crippen molar-refractivity contribution in [2.24, 2.45) is 10.8 Å². The van der Waals surface area contributed by atoms with Crippen LogP contribution in [0.3, 0.4) is 0 Å². The van der Waals surface area contributed by atoms with E-state index in [2.05, 4.69) is 27.7 Å². The van der Waals surface area contributed by atoms with Gasteiger partial charge >= 0.3 is 0 Å². The summed E-state index contributed by atoms with van der Waals surface area (Å²) >= 11 is 13.4. The van der Waals surface area contributed by atoms with Crippen LogP contribution in [-0.2, 0) is 20.9 Å². The SMILES string of the molecule is Cc1ccc(COc2c(Cl)cc(C3C4=C(CC(C)(C)CC4=O)OC4=C3C(=O)CC(C)(C)C4)cc2Cl)cc1. The lowest BCUT2D eigenvalue weighted by Gasteiger charge is -2.42. The molecule has 194 valence electrons. The third-order valence-corrected chi connectivity index (χ3v) is 8.00. The smallest absolute Gasteiger partial charge is 0.163 e. The number of hydrogen-bond donors (Lipinski definition) is 0. The number of allylic oxidation sites excluding steroid dienone is 4. The first-order valence-electron chi connectivity index (χ1n) is 12.7. The standard InChI is InChI=1S/C31H32Cl2O4/c1-17-6-8-18(9-7-17)16-36-29-20(32)10-19(11-21(29)33)26-27-22(34)12-30(2,3)14-24(27)37-25-15-31(4,5)13-23(35)28(25)26/h6-11,26H,12-16H2,1-5H3. The molecule has 4 nitrogen and oxygen atoms in total. The minimum absolute atomic E-state index is 0.00683. The van der Waals surface area contributed by atoms with Crippen molar-refractivity contribution in [3.8, 4) is 5.75 Å². The van der Waals surface area contributed by atoms with Crippen molar-refractivity contribution in [2.75, 3.05) is 0 Å². The molecule has 1 heterocycles. The molecule has 0 bridgehead atoms. The second-order valence-electron chi connectivity index (χ2n) is 12.2. The van der Waals surface area contributed by atoms with Crippen LogP contribution in [0.5, 0.6) is 5.75 Å². The molecule has 6 heteroatoms. The van der Waals surface area contributed by atoms with Crippen LogP contribution in [0, 0.1) is 17.8 Å². The van der Waals surface area contributed by atoms with Gasteiger partial charge in [-0.3, -0.25) is 9.59 Å². The van der Waals surface area contributed by atoms with Crippen molar-refractivity contribution in [2.45, 2.75) is 72.8 Å². The Balaban J connectivity index is 1.56. The highest BCUT2D eigenvalue weighted by atomic mass is 35.5. The molecule has 3 aliphatic rings. The lowest BCUT2D eigenvalue weighted by Crippen LogP contribution is -2.37. The number of carbonyl (C=O) groups is 2. The van der Waals surface area contributed by atoms with Crippen LogP contribution in [0.2, 0.25) is 10.0 Å². The zero-order valence-electron chi connectivity index (χ0n) is 22.0. The molecule has 0 atom stereocenters. The summed E-state index contributed by atoms with van der Waals surface area (Å²) in [5.74, 6) is 1.19. The molecule has 2 aromatic carbocycles. The Labute approximate surface area is 228 Å². The molecule has 0 saturated heterocycles. The fourth-order valence-corrected chi connectivity index (χ4v) is 6.34. The topological polar surface area (TPSA) is 52.6 Å². The molecule has 0 saturated carbocycles. The van der Waals surface area contributed by atoms with Crippen LogP contribution in [0.25, 0.3) is 0 Å². The predicted molar refractivity (Wildman–Crippen MR) is 146 cm³/mol. The zero-order valence-corrected chi connectivity index (χ0v) is 23.5. The van der Waals surface area contributed by atoms with Gasteiger partial charge in [-0.1, -0.05) is 80.7 Å². The van der Waals surface area contributed by atoms with Crippen molar-refractivity contribution in [3.63, 3.8) is 0 Å². The van der Waals surface area contributed by atoms with Crippen LogP contribution in [0.1, 0.15) is 76.0 Å². The lowest BCUT2D eigenvalue weighted by atomic mass is 9.65. The van der Waals surface area contributed by atoms with Crippen LogP contribution in [-0.4, -0.2) is 11.6 Å². The third kappa shape index (κ3) is 5.11. The number of rotatable bonds is 4. The van der Waals surface area contributed by atoms with E-state index in [0.29, 0.717) is 76.3 Å². The van der Waals surface area contributed by atoms with Gasteiger partial charge in [-0.25, -0.2) is 0 Å². The number of benzene rings is 2. The van der Waals surface area contributed by atoms with Gasteiger partial charge in [-0.05, 0) is 41.0 Å². The Bertz CT molecular complexity index is 1290. The van der Waals surface area contributed by atoms with Crippen LogP contribution in [0.4, 0.5) is 0 Å². The molecular formula is C31H32Cl2O4. The molecule has 0 N–H and O–H groups in total. The van der Waals surface area contributed by atoms with Crippen LogP contribution < -0.4 is 4.74 Å². The second kappa shape index (κ2) is 9.32. The van der Waals surface area contributed by atoms with E-state index in [0.717, 1.165) is 5.56 Å². The Morgan fingerprint density at radius 2 is 1.32 bits per heavy atom. The maximum absolute atomic E-state index is 13.5. The first kappa shape index (κ1) is 26.1. The average molecular weight is 539 g/mol. The monoisotopic (exact) mass is 538 g/mol. The normalized spacial score (nSPS) is 20.9. The quantitative estimate of drug-likeness (QED) is 0.392. The minimum Gasteiger partial charge on any atom is -0.486 e. The highest BCUT2D eigenvalue weighted by Crippen LogP contribution is 2.54. The first-order valence-corrected chi connectivity index (χ1v) is 13.5. The van der Waals surface area contributed by atoms with Crippen molar-refractivity contribution < 1.29 is 19.1 Å². The minimum atomic E-state index is -0.549. The van der Waals surface area contributed by atoms with Gasteiger partial charge in [-0.2, -0.15) is 0 Å². The maximum Gasteiger partial charge on any atom is 0.163 e. The van der Waals surface area contributed by atoms with E-state index in [1.807, 2.05) is 31.2 Å². The summed E-state index contributed by atoms with van der Waals surface area (Å²) in [7, 11) is 0. The van der Waals surface area contributed by atoms with Gasteiger partial charge in [0, 0.05) is 42.7 Å². The fraction of sp³-hybridized carbons (Fsp3) is 0.419.